The molecule has 0 atom stereocenters. The second-order valence-corrected chi connectivity index (χ2v) is 3.93. The van der Waals surface area contributed by atoms with Crippen LogP contribution in [0, 0.1) is 0 Å². The molecule has 2 rings (SSSR count). The van der Waals surface area contributed by atoms with Crippen LogP contribution in [-0.2, 0) is 0 Å². The van der Waals surface area contributed by atoms with E-state index in [-0.39, 0.29) is 5.91 Å². The average molecular weight is 279 g/mol. The highest BCUT2D eigenvalue weighted by atomic mass is 16.1. The second kappa shape index (κ2) is 6.63. The van der Waals surface area contributed by atoms with E-state index >= 15 is 0 Å². The number of amides is 1. The van der Waals surface area contributed by atoms with Crippen LogP contribution in [0.25, 0.3) is 20.9 Å². The summed E-state index contributed by atoms with van der Waals surface area (Å²) in [5, 5.41) is 9.57. The smallest absolute Gasteiger partial charge is 0.255 e. The van der Waals surface area contributed by atoms with Crippen molar-refractivity contribution in [3.05, 3.63) is 75.0 Å². The summed E-state index contributed by atoms with van der Waals surface area (Å²) in [5.74, 6) is -0.293. The number of azide groups is 2. The van der Waals surface area contributed by atoms with E-state index < -0.39 is 0 Å². The molecule has 0 saturated heterocycles. The summed E-state index contributed by atoms with van der Waals surface area (Å²) in [6, 6.07) is 12.7. The van der Waals surface area contributed by atoms with Gasteiger partial charge in [-0.1, -0.05) is 34.5 Å². The van der Waals surface area contributed by atoms with Gasteiger partial charge in [0, 0.05) is 32.4 Å². The second-order valence-electron chi connectivity index (χ2n) is 3.93. The van der Waals surface area contributed by atoms with Crippen molar-refractivity contribution in [3.63, 3.8) is 0 Å². The average Bonchev–Trinajstić information content (AvgIpc) is 2.50. The van der Waals surface area contributed by atoms with Gasteiger partial charge in [0.15, 0.2) is 0 Å². The molecule has 2 aromatic carbocycles. The number of nitrogens with zero attached hydrogens (tertiary/aromatic N) is 6. The van der Waals surface area contributed by atoms with Gasteiger partial charge >= 0.3 is 0 Å². The zero-order chi connectivity index (χ0) is 15.1. The standard InChI is InChI=1S/C13H9N7O/c14-19-17-11-3-1-9(2-4-11)13(21)16-10-5-7-12(8-6-10)18-20-15/h1-8H,(H,16,21). The van der Waals surface area contributed by atoms with Crippen molar-refractivity contribution in [1.82, 2.24) is 0 Å². The Hall–Kier alpha value is -3.47. The maximum absolute atomic E-state index is 12.0. The van der Waals surface area contributed by atoms with E-state index in [4.69, 9.17) is 11.1 Å². The highest BCUT2D eigenvalue weighted by Gasteiger charge is 2.05. The van der Waals surface area contributed by atoms with E-state index in [0.29, 0.717) is 22.6 Å². The van der Waals surface area contributed by atoms with Crippen LogP contribution in [0.5, 0.6) is 0 Å². The predicted molar refractivity (Wildman–Crippen MR) is 78.4 cm³/mol. The first-order chi connectivity index (χ1) is 10.2. The number of carbonyl (C=O) groups excluding carboxylic acids is 1. The molecule has 102 valence electrons. The first kappa shape index (κ1) is 14.0. The molecule has 0 bridgehead atoms. The summed E-state index contributed by atoms with van der Waals surface area (Å²) in [7, 11) is 0. The van der Waals surface area contributed by atoms with Crippen LogP contribution in [0.4, 0.5) is 17.1 Å². The topological polar surface area (TPSA) is 127 Å². The van der Waals surface area contributed by atoms with E-state index in [1.54, 1.807) is 48.5 Å². The van der Waals surface area contributed by atoms with Crippen molar-refractivity contribution >= 4 is 23.0 Å². The molecule has 0 spiro atoms. The fourth-order valence-electron chi connectivity index (χ4n) is 1.60. The maximum atomic E-state index is 12.0. The lowest BCUT2D eigenvalue weighted by atomic mass is 10.2. The SMILES string of the molecule is [N-]=[N+]=Nc1ccc(NC(=O)c2ccc(N=[N+]=[N-])cc2)cc1. The van der Waals surface area contributed by atoms with Crippen molar-refractivity contribution in [2.75, 3.05) is 5.32 Å². The molecule has 0 radical (unpaired) electrons. The number of anilines is 1. The molecular weight excluding hydrogens is 270 g/mol. The van der Waals surface area contributed by atoms with Crippen LogP contribution < -0.4 is 5.32 Å². The highest BCUT2D eigenvalue weighted by Crippen LogP contribution is 2.18. The van der Waals surface area contributed by atoms with E-state index in [1.165, 1.54) is 0 Å². The van der Waals surface area contributed by atoms with Gasteiger partial charge in [0.2, 0.25) is 0 Å². The molecule has 21 heavy (non-hydrogen) atoms. The summed E-state index contributed by atoms with van der Waals surface area (Å²) >= 11 is 0. The minimum Gasteiger partial charge on any atom is -0.322 e. The lowest BCUT2D eigenvalue weighted by Crippen LogP contribution is -2.11. The molecule has 0 aliphatic carbocycles. The van der Waals surface area contributed by atoms with E-state index in [1.807, 2.05) is 0 Å². The van der Waals surface area contributed by atoms with E-state index in [9.17, 15) is 4.79 Å². The molecule has 2 aromatic rings. The van der Waals surface area contributed by atoms with Gasteiger partial charge in [-0.05, 0) is 35.3 Å². The van der Waals surface area contributed by atoms with Crippen LogP contribution in [-0.4, -0.2) is 5.91 Å². The first-order valence-corrected chi connectivity index (χ1v) is 5.84. The Labute approximate surface area is 119 Å². The summed E-state index contributed by atoms with van der Waals surface area (Å²) in [6.45, 7) is 0. The largest absolute Gasteiger partial charge is 0.322 e. The summed E-state index contributed by atoms with van der Waals surface area (Å²) in [6.07, 6.45) is 0. The zero-order valence-corrected chi connectivity index (χ0v) is 10.7. The Bertz CT molecular complexity index is 739. The van der Waals surface area contributed by atoms with E-state index in [2.05, 4.69) is 25.4 Å². The normalized spacial score (nSPS) is 9.14. The van der Waals surface area contributed by atoms with Crippen molar-refractivity contribution < 1.29 is 4.79 Å². The Morgan fingerprint density at radius 1 is 0.857 bits per heavy atom. The van der Waals surface area contributed by atoms with Crippen molar-refractivity contribution in [2.45, 2.75) is 0 Å². The molecule has 8 nitrogen and oxygen atoms in total. The minimum absolute atomic E-state index is 0.293. The molecule has 0 saturated carbocycles. The molecule has 0 aliphatic rings. The summed E-state index contributed by atoms with van der Waals surface area (Å²) in [5.41, 5.74) is 18.5. The van der Waals surface area contributed by atoms with Gasteiger partial charge in [-0.2, -0.15) is 0 Å². The van der Waals surface area contributed by atoms with Gasteiger partial charge in [-0.25, -0.2) is 0 Å². The monoisotopic (exact) mass is 279 g/mol. The molecule has 1 amide bonds. The zero-order valence-electron chi connectivity index (χ0n) is 10.7. The molecule has 0 aromatic heterocycles. The number of rotatable bonds is 4. The Morgan fingerprint density at radius 2 is 1.33 bits per heavy atom. The number of hydrogen-bond donors (Lipinski definition) is 1. The maximum Gasteiger partial charge on any atom is 0.255 e. The van der Waals surface area contributed by atoms with Crippen LogP contribution in [0.3, 0.4) is 0 Å². The highest BCUT2D eigenvalue weighted by molar-refractivity contribution is 6.04. The Balaban J connectivity index is 2.09. The van der Waals surface area contributed by atoms with Crippen LogP contribution >= 0.6 is 0 Å². The van der Waals surface area contributed by atoms with Gasteiger partial charge < -0.3 is 5.32 Å². The van der Waals surface area contributed by atoms with Gasteiger partial charge in [-0.3, -0.25) is 4.79 Å². The summed E-state index contributed by atoms with van der Waals surface area (Å²) < 4.78 is 0. The molecule has 0 aliphatic heterocycles. The fourth-order valence-corrected chi connectivity index (χ4v) is 1.60. The minimum atomic E-state index is -0.293. The quantitative estimate of drug-likeness (QED) is 0.480. The molecule has 0 unspecified atom stereocenters. The number of nitrogens with one attached hydrogen (secondary N) is 1. The molecule has 0 fully saturated rings. The third kappa shape index (κ3) is 3.74. The van der Waals surface area contributed by atoms with Crippen LogP contribution in [0.1, 0.15) is 10.4 Å². The van der Waals surface area contributed by atoms with Gasteiger partial charge in [0.05, 0.1) is 0 Å². The third-order valence-electron chi connectivity index (χ3n) is 2.58. The fraction of sp³-hybridized carbons (Fsp3) is 0. The van der Waals surface area contributed by atoms with Crippen LogP contribution in [0.15, 0.2) is 58.8 Å². The van der Waals surface area contributed by atoms with Crippen molar-refractivity contribution in [2.24, 2.45) is 10.2 Å². The van der Waals surface area contributed by atoms with Gasteiger partial charge in [0.1, 0.15) is 0 Å². The lowest BCUT2D eigenvalue weighted by molar-refractivity contribution is 0.102. The number of hydrogen-bond acceptors (Lipinski definition) is 3. The molecule has 0 heterocycles. The third-order valence-corrected chi connectivity index (χ3v) is 2.58. The van der Waals surface area contributed by atoms with Gasteiger partial charge in [-0.15, -0.1) is 0 Å². The molecule has 8 heteroatoms. The van der Waals surface area contributed by atoms with E-state index in [0.717, 1.165) is 0 Å². The Kier molecular flexibility index (Phi) is 4.40. The molecule has 1 N–H and O–H groups in total. The first-order valence-electron chi connectivity index (χ1n) is 5.84. The van der Waals surface area contributed by atoms with Crippen molar-refractivity contribution in [3.8, 4) is 0 Å². The Morgan fingerprint density at radius 3 is 1.81 bits per heavy atom. The molecular formula is C13H9N7O. The number of carbonyl (C=O) groups is 1. The number of benzene rings is 2. The predicted octanol–water partition coefficient (Wildman–Crippen LogP) is 4.82. The van der Waals surface area contributed by atoms with Crippen LogP contribution in [0.2, 0.25) is 0 Å². The summed E-state index contributed by atoms with van der Waals surface area (Å²) in [4.78, 5) is 17.3. The van der Waals surface area contributed by atoms with Gasteiger partial charge in [0.25, 0.3) is 5.91 Å². The lowest BCUT2D eigenvalue weighted by Gasteiger charge is -2.05. The van der Waals surface area contributed by atoms with Crippen molar-refractivity contribution in [1.29, 1.82) is 0 Å².